The van der Waals surface area contributed by atoms with E-state index in [9.17, 15) is 23.5 Å². The lowest BCUT2D eigenvalue weighted by atomic mass is 9.65. The summed E-state index contributed by atoms with van der Waals surface area (Å²) in [6, 6.07) is 4.80. The Morgan fingerprint density at radius 2 is 1.76 bits per heavy atom. The van der Waals surface area contributed by atoms with Crippen LogP contribution in [0.5, 0.6) is 0 Å². The molecule has 2 aromatic rings. The van der Waals surface area contributed by atoms with Gasteiger partial charge in [0.15, 0.2) is 5.82 Å². The number of anilines is 2. The molecule has 8 heteroatoms. The summed E-state index contributed by atoms with van der Waals surface area (Å²) < 4.78 is 27.3. The van der Waals surface area contributed by atoms with E-state index in [1.54, 1.807) is 12.3 Å². The second kappa shape index (κ2) is 10.5. The van der Waals surface area contributed by atoms with E-state index in [1.165, 1.54) is 6.07 Å². The molecule has 184 valence electrons. The molecule has 6 nitrogen and oxygen atoms in total. The second-order valence-electron chi connectivity index (χ2n) is 9.99. The number of benzene rings is 1. The molecule has 0 saturated heterocycles. The van der Waals surface area contributed by atoms with Crippen LogP contribution in [0.3, 0.4) is 0 Å². The number of rotatable bonds is 10. The SMILES string of the molecule is CC(C)CN(CC(C)C)c1ncc(C2(C(=O)O)CCC2)cc1NC(=O)Cc1ccc(F)cc1F. The highest BCUT2D eigenvalue weighted by Gasteiger charge is 2.46. The molecule has 1 aromatic carbocycles. The Labute approximate surface area is 199 Å². The summed E-state index contributed by atoms with van der Waals surface area (Å²) >= 11 is 0. The van der Waals surface area contributed by atoms with Gasteiger partial charge in [-0.1, -0.05) is 40.2 Å². The summed E-state index contributed by atoms with van der Waals surface area (Å²) in [7, 11) is 0. The molecular formula is C26H33F2N3O3. The van der Waals surface area contributed by atoms with Gasteiger partial charge in [0.2, 0.25) is 5.91 Å². The predicted octanol–water partition coefficient (Wildman–Crippen LogP) is 5.17. The summed E-state index contributed by atoms with van der Waals surface area (Å²) in [5.41, 5.74) is 0.0209. The molecule has 0 spiro atoms. The topological polar surface area (TPSA) is 82.5 Å². The molecule has 0 aliphatic heterocycles. The van der Waals surface area contributed by atoms with Gasteiger partial charge >= 0.3 is 5.97 Å². The number of hydrogen-bond acceptors (Lipinski definition) is 4. The van der Waals surface area contributed by atoms with E-state index in [0.717, 1.165) is 18.6 Å². The van der Waals surface area contributed by atoms with Crippen molar-refractivity contribution in [1.29, 1.82) is 0 Å². The zero-order chi connectivity index (χ0) is 25.0. The van der Waals surface area contributed by atoms with Crippen molar-refractivity contribution >= 4 is 23.4 Å². The summed E-state index contributed by atoms with van der Waals surface area (Å²) in [5.74, 6) is -1.68. The van der Waals surface area contributed by atoms with Gasteiger partial charge in [0.25, 0.3) is 0 Å². The van der Waals surface area contributed by atoms with Gasteiger partial charge in [0.1, 0.15) is 11.6 Å². The minimum Gasteiger partial charge on any atom is -0.481 e. The highest BCUT2D eigenvalue weighted by atomic mass is 19.1. The summed E-state index contributed by atoms with van der Waals surface area (Å²) in [4.78, 5) is 31.7. The van der Waals surface area contributed by atoms with Gasteiger partial charge in [-0.2, -0.15) is 0 Å². The number of carboxylic acids is 1. The number of aromatic nitrogens is 1. The van der Waals surface area contributed by atoms with E-state index < -0.39 is 28.9 Å². The Bertz CT molecular complexity index is 1040. The smallest absolute Gasteiger partial charge is 0.314 e. The normalized spacial score (nSPS) is 14.7. The van der Waals surface area contributed by atoms with Crippen molar-refractivity contribution in [2.24, 2.45) is 11.8 Å². The number of halogens is 2. The summed E-state index contributed by atoms with van der Waals surface area (Å²) in [5, 5.41) is 12.7. The van der Waals surface area contributed by atoms with Crippen molar-refractivity contribution in [2.75, 3.05) is 23.3 Å². The molecule has 34 heavy (non-hydrogen) atoms. The van der Waals surface area contributed by atoms with Crippen LogP contribution in [-0.4, -0.2) is 35.1 Å². The maximum atomic E-state index is 14.1. The third-order valence-electron chi connectivity index (χ3n) is 6.15. The molecule has 2 N–H and O–H groups in total. The van der Waals surface area contributed by atoms with E-state index in [0.29, 0.717) is 54.8 Å². The number of nitrogens with one attached hydrogen (secondary N) is 1. The summed E-state index contributed by atoms with van der Waals surface area (Å²) in [6.45, 7) is 9.75. The van der Waals surface area contributed by atoms with Gasteiger partial charge in [-0.3, -0.25) is 9.59 Å². The van der Waals surface area contributed by atoms with Crippen LogP contribution in [0.4, 0.5) is 20.3 Å². The Balaban J connectivity index is 1.98. The fourth-order valence-corrected chi connectivity index (χ4v) is 4.38. The third-order valence-corrected chi connectivity index (χ3v) is 6.15. The average Bonchev–Trinajstić information content (AvgIpc) is 2.68. The maximum Gasteiger partial charge on any atom is 0.314 e. The molecule has 0 radical (unpaired) electrons. The van der Waals surface area contributed by atoms with Crippen LogP contribution in [0, 0.1) is 23.5 Å². The molecule has 0 unspecified atom stereocenters. The summed E-state index contributed by atoms with van der Waals surface area (Å²) in [6.07, 6.45) is 3.16. The zero-order valence-electron chi connectivity index (χ0n) is 20.2. The van der Waals surface area contributed by atoms with Crippen molar-refractivity contribution in [2.45, 2.75) is 58.8 Å². The van der Waals surface area contributed by atoms with Gasteiger partial charge in [-0.05, 0) is 47.9 Å². The van der Waals surface area contributed by atoms with Crippen molar-refractivity contribution in [3.8, 4) is 0 Å². The first-order valence-electron chi connectivity index (χ1n) is 11.7. The van der Waals surface area contributed by atoms with E-state index in [2.05, 4.69) is 42.9 Å². The predicted molar refractivity (Wildman–Crippen MR) is 128 cm³/mol. The molecule has 1 aromatic heterocycles. The van der Waals surface area contributed by atoms with Gasteiger partial charge < -0.3 is 15.3 Å². The fraction of sp³-hybridized carbons (Fsp3) is 0.500. The van der Waals surface area contributed by atoms with E-state index in [-0.39, 0.29) is 12.0 Å². The molecule has 0 atom stereocenters. The molecule has 1 amide bonds. The Hall–Kier alpha value is -3.03. The quantitative estimate of drug-likeness (QED) is 0.498. The van der Waals surface area contributed by atoms with Gasteiger partial charge in [0.05, 0.1) is 17.5 Å². The first-order valence-corrected chi connectivity index (χ1v) is 11.7. The number of carboxylic acid groups (broad SMARTS) is 1. The third kappa shape index (κ3) is 5.72. The van der Waals surface area contributed by atoms with Crippen molar-refractivity contribution < 1.29 is 23.5 Å². The van der Waals surface area contributed by atoms with Crippen LogP contribution >= 0.6 is 0 Å². The lowest BCUT2D eigenvalue weighted by molar-refractivity contribution is -0.147. The molecule has 1 heterocycles. The Morgan fingerprint density at radius 1 is 1.12 bits per heavy atom. The minimum absolute atomic E-state index is 0.0757. The highest BCUT2D eigenvalue weighted by Crippen LogP contribution is 2.45. The molecule has 1 aliphatic carbocycles. The highest BCUT2D eigenvalue weighted by molar-refractivity contribution is 5.95. The molecular weight excluding hydrogens is 440 g/mol. The number of aliphatic carboxylic acids is 1. The average molecular weight is 474 g/mol. The monoisotopic (exact) mass is 473 g/mol. The molecule has 1 aliphatic rings. The van der Waals surface area contributed by atoms with Crippen LogP contribution < -0.4 is 10.2 Å². The van der Waals surface area contributed by atoms with Crippen molar-refractivity contribution in [3.63, 3.8) is 0 Å². The van der Waals surface area contributed by atoms with Crippen LogP contribution in [0.15, 0.2) is 30.5 Å². The van der Waals surface area contributed by atoms with Gasteiger partial charge in [0, 0.05) is 25.4 Å². The standard InChI is InChI=1S/C26H33F2N3O3/c1-16(2)14-31(15-17(3)4)24-22(11-19(13-29-24)26(25(33)34)8-5-9-26)30-23(32)10-18-6-7-20(27)12-21(18)28/h6-7,11-13,16-17H,5,8-10,14-15H2,1-4H3,(H,30,32)(H,33,34). The first kappa shape index (κ1) is 25.6. The lowest BCUT2D eigenvalue weighted by Gasteiger charge is -2.38. The molecule has 0 bridgehead atoms. The van der Waals surface area contributed by atoms with Crippen LogP contribution in [0.25, 0.3) is 0 Å². The van der Waals surface area contributed by atoms with Crippen LogP contribution in [-0.2, 0) is 21.4 Å². The molecule has 3 rings (SSSR count). The molecule has 1 fully saturated rings. The van der Waals surface area contributed by atoms with Gasteiger partial charge in [-0.25, -0.2) is 13.8 Å². The van der Waals surface area contributed by atoms with Crippen molar-refractivity contribution in [1.82, 2.24) is 4.98 Å². The number of amides is 1. The maximum absolute atomic E-state index is 14.1. The number of pyridine rings is 1. The van der Waals surface area contributed by atoms with Crippen molar-refractivity contribution in [3.05, 3.63) is 53.2 Å². The lowest BCUT2D eigenvalue weighted by Crippen LogP contribution is -2.42. The first-order chi connectivity index (χ1) is 16.0. The Morgan fingerprint density at radius 3 is 2.26 bits per heavy atom. The van der Waals surface area contributed by atoms with Gasteiger partial charge in [-0.15, -0.1) is 0 Å². The number of carbonyl (C=O) groups is 2. The largest absolute Gasteiger partial charge is 0.481 e. The fourth-order valence-electron chi connectivity index (χ4n) is 4.38. The molecule has 1 saturated carbocycles. The van der Waals surface area contributed by atoms with E-state index >= 15 is 0 Å². The van der Waals surface area contributed by atoms with E-state index in [1.807, 2.05) is 0 Å². The second-order valence-corrected chi connectivity index (χ2v) is 9.99. The zero-order valence-corrected chi connectivity index (χ0v) is 20.2. The van der Waals surface area contributed by atoms with Crippen LogP contribution in [0.1, 0.15) is 58.1 Å². The Kier molecular flexibility index (Phi) is 7.89. The van der Waals surface area contributed by atoms with E-state index in [4.69, 9.17) is 0 Å². The number of nitrogens with zero attached hydrogens (tertiary/aromatic N) is 2. The number of hydrogen-bond donors (Lipinski definition) is 2. The van der Waals surface area contributed by atoms with Crippen LogP contribution in [0.2, 0.25) is 0 Å². The number of carbonyl (C=O) groups excluding carboxylic acids is 1. The minimum atomic E-state index is -1.00.